The highest BCUT2D eigenvalue weighted by Crippen LogP contribution is 2.56. The quantitative estimate of drug-likeness (QED) is 0.728. The molecule has 2 unspecified atom stereocenters. The van der Waals surface area contributed by atoms with Crippen LogP contribution in [0.4, 0.5) is 26.3 Å². The van der Waals surface area contributed by atoms with E-state index in [1.807, 2.05) is 0 Å². The van der Waals surface area contributed by atoms with Crippen molar-refractivity contribution in [2.24, 2.45) is 0 Å². The van der Waals surface area contributed by atoms with Gasteiger partial charge in [-0.25, -0.2) is 4.39 Å². The molecule has 10 heteroatoms. The van der Waals surface area contributed by atoms with Crippen molar-refractivity contribution in [2.45, 2.75) is 24.4 Å². The number of nitriles is 1. The average molecular weight is 381 g/mol. The van der Waals surface area contributed by atoms with Gasteiger partial charge in [-0.3, -0.25) is 0 Å². The maximum Gasteiger partial charge on any atom is 0.418 e. The molecular formula is C15H7ClF6N2O. The van der Waals surface area contributed by atoms with Crippen LogP contribution >= 0.6 is 11.6 Å². The molecule has 0 saturated carbocycles. The van der Waals surface area contributed by atoms with E-state index in [1.165, 1.54) is 6.07 Å². The van der Waals surface area contributed by atoms with Crippen molar-refractivity contribution in [1.82, 2.24) is 4.57 Å². The summed E-state index contributed by atoms with van der Waals surface area (Å²) in [5.41, 5.74) is -4.08. The third kappa shape index (κ3) is 2.48. The van der Waals surface area contributed by atoms with Crippen LogP contribution in [-0.2, 0) is 6.18 Å². The molecule has 132 valence electrons. The van der Waals surface area contributed by atoms with Crippen molar-refractivity contribution < 1.29 is 31.4 Å². The second-order valence-corrected chi connectivity index (χ2v) is 5.83. The zero-order valence-corrected chi connectivity index (χ0v) is 12.7. The summed E-state index contributed by atoms with van der Waals surface area (Å²) in [6.07, 6.45) is -10.7. The zero-order chi connectivity index (χ0) is 18.7. The Labute approximate surface area is 141 Å². The first-order valence-corrected chi connectivity index (χ1v) is 7.10. The molecule has 1 aliphatic rings. The number of aliphatic hydroxyl groups excluding tert-OH is 1. The SMILES string of the molecule is N#Cc1cc(-n2cc(C(F)(F)F)c3c2C(F)C(F)(F)C3O)ccc1Cl. The lowest BCUT2D eigenvalue weighted by Gasteiger charge is -2.19. The van der Waals surface area contributed by atoms with Gasteiger partial charge >= 0.3 is 12.1 Å². The molecule has 1 aromatic carbocycles. The highest BCUT2D eigenvalue weighted by molar-refractivity contribution is 6.31. The summed E-state index contributed by atoms with van der Waals surface area (Å²) in [7, 11) is 0. The van der Waals surface area contributed by atoms with Gasteiger partial charge in [-0.1, -0.05) is 11.6 Å². The molecule has 25 heavy (non-hydrogen) atoms. The van der Waals surface area contributed by atoms with Gasteiger partial charge in [-0.2, -0.15) is 27.2 Å². The zero-order valence-electron chi connectivity index (χ0n) is 12.0. The van der Waals surface area contributed by atoms with E-state index in [1.54, 1.807) is 6.07 Å². The number of halogens is 7. The number of alkyl halides is 6. The van der Waals surface area contributed by atoms with Crippen LogP contribution in [0.5, 0.6) is 0 Å². The second kappa shape index (κ2) is 5.41. The molecule has 0 bridgehead atoms. The summed E-state index contributed by atoms with van der Waals surface area (Å²) >= 11 is 5.73. The largest absolute Gasteiger partial charge is 0.418 e. The lowest BCUT2D eigenvalue weighted by Crippen LogP contribution is -2.26. The number of benzene rings is 1. The van der Waals surface area contributed by atoms with Crippen LogP contribution in [0.3, 0.4) is 0 Å². The Balaban J connectivity index is 2.32. The van der Waals surface area contributed by atoms with Crippen molar-refractivity contribution in [3.8, 4) is 11.8 Å². The molecular weight excluding hydrogens is 374 g/mol. The Hall–Kier alpha value is -2.18. The van der Waals surface area contributed by atoms with Gasteiger partial charge in [0.2, 0.25) is 6.17 Å². The first kappa shape index (κ1) is 17.6. The van der Waals surface area contributed by atoms with E-state index in [0.29, 0.717) is 10.8 Å². The van der Waals surface area contributed by atoms with Crippen LogP contribution in [0, 0.1) is 11.3 Å². The molecule has 0 aliphatic heterocycles. The highest BCUT2D eigenvalue weighted by atomic mass is 35.5. The number of aliphatic hydroxyl groups is 1. The van der Waals surface area contributed by atoms with Gasteiger partial charge in [0.05, 0.1) is 21.8 Å². The summed E-state index contributed by atoms with van der Waals surface area (Å²) in [4.78, 5) is 0. The molecule has 3 nitrogen and oxygen atoms in total. The van der Waals surface area contributed by atoms with Crippen molar-refractivity contribution >= 4 is 11.6 Å². The smallest absolute Gasteiger partial charge is 0.382 e. The van der Waals surface area contributed by atoms with Crippen molar-refractivity contribution in [3.63, 3.8) is 0 Å². The minimum atomic E-state index is -5.08. The van der Waals surface area contributed by atoms with E-state index in [9.17, 15) is 31.4 Å². The second-order valence-electron chi connectivity index (χ2n) is 5.43. The third-order valence-electron chi connectivity index (χ3n) is 3.95. The summed E-state index contributed by atoms with van der Waals surface area (Å²) < 4.78 is 81.7. The van der Waals surface area contributed by atoms with Gasteiger partial charge in [0.25, 0.3) is 0 Å². The van der Waals surface area contributed by atoms with Crippen LogP contribution in [0.15, 0.2) is 24.4 Å². The molecule has 2 atom stereocenters. The van der Waals surface area contributed by atoms with Gasteiger partial charge in [-0.05, 0) is 18.2 Å². The van der Waals surface area contributed by atoms with E-state index in [4.69, 9.17) is 16.9 Å². The number of fused-ring (bicyclic) bond motifs is 1. The van der Waals surface area contributed by atoms with E-state index in [-0.39, 0.29) is 16.3 Å². The molecule has 1 aliphatic carbocycles. The number of hydrogen-bond donors (Lipinski definition) is 1. The van der Waals surface area contributed by atoms with Crippen molar-refractivity contribution in [3.05, 3.63) is 51.8 Å². The number of nitrogens with zero attached hydrogens (tertiary/aromatic N) is 2. The Bertz CT molecular complexity index is 899. The lowest BCUT2D eigenvalue weighted by atomic mass is 10.1. The Morgan fingerprint density at radius 1 is 1.28 bits per heavy atom. The standard InChI is InChI=1S/C15H7ClF6N2O/c16-9-2-1-7(3-6(9)4-23)24-5-8(15(20,21)22)10-11(24)12(17)14(18,19)13(10)25/h1-3,5,12-13,25H. The first-order valence-electron chi connectivity index (χ1n) is 6.72. The molecule has 0 amide bonds. The van der Waals surface area contributed by atoms with Crippen LogP contribution in [0.2, 0.25) is 5.02 Å². The third-order valence-corrected chi connectivity index (χ3v) is 4.28. The predicted molar refractivity (Wildman–Crippen MR) is 74.3 cm³/mol. The fraction of sp³-hybridized carbons (Fsp3) is 0.267. The fourth-order valence-corrected chi connectivity index (χ4v) is 2.94. The fourth-order valence-electron chi connectivity index (χ4n) is 2.78. The first-order chi connectivity index (χ1) is 11.5. The van der Waals surface area contributed by atoms with Gasteiger partial charge < -0.3 is 9.67 Å². The average Bonchev–Trinajstić information content (AvgIpc) is 3.00. The maximum absolute atomic E-state index is 14.2. The van der Waals surface area contributed by atoms with E-state index < -0.39 is 41.2 Å². The molecule has 1 heterocycles. The summed E-state index contributed by atoms with van der Waals surface area (Å²) in [5.74, 6) is -4.40. The number of hydrogen-bond acceptors (Lipinski definition) is 2. The lowest BCUT2D eigenvalue weighted by molar-refractivity contribution is -0.153. The molecule has 3 rings (SSSR count). The number of rotatable bonds is 1. The minimum absolute atomic E-state index is 0.00624. The van der Waals surface area contributed by atoms with E-state index >= 15 is 0 Å². The van der Waals surface area contributed by atoms with E-state index in [0.717, 1.165) is 12.1 Å². The van der Waals surface area contributed by atoms with Crippen LogP contribution < -0.4 is 0 Å². The molecule has 1 aromatic heterocycles. The molecule has 0 radical (unpaired) electrons. The highest BCUT2D eigenvalue weighted by Gasteiger charge is 2.61. The summed E-state index contributed by atoms with van der Waals surface area (Å²) in [6, 6.07) is 5.05. The van der Waals surface area contributed by atoms with Gasteiger partial charge in [0.15, 0.2) is 0 Å². The molecule has 0 saturated heterocycles. The predicted octanol–water partition coefficient (Wildman–Crippen LogP) is 4.71. The van der Waals surface area contributed by atoms with Gasteiger partial charge in [-0.15, -0.1) is 0 Å². The van der Waals surface area contributed by atoms with E-state index in [2.05, 4.69) is 0 Å². The molecule has 0 fully saturated rings. The summed E-state index contributed by atoms with van der Waals surface area (Å²) in [5, 5.41) is 18.5. The molecule has 0 spiro atoms. The Morgan fingerprint density at radius 3 is 2.48 bits per heavy atom. The monoisotopic (exact) mass is 380 g/mol. The topological polar surface area (TPSA) is 49.0 Å². The molecule has 2 aromatic rings. The minimum Gasteiger partial charge on any atom is -0.382 e. The molecule has 1 N–H and O–H groups in total. The van der Waals surface area contributed by atoms with Crippen molar-refractivity contribution in [2.75, 3.05) is 0 Å². The van der Waals surface area contributed by atoms with Gasteiger partial charge in [0, 0.05) is 17.4 Å². The normalized spacial score (nSPS) is 21.9. The maximum atomic E-state index is 14.2. The van der Waals surface area contributed by atoms with Crippen LogP contribution in [0.25, 0.3) is 5.69 Å². The Kier molecular flexibility index (Phi) is 3.82. The van der Waals surface area contributed by atoms with Gasteiger partial charge in [0.1, 0.15) is 12.2 Å². The van der Waals surface area contributed by atoms with Crippen LogP contribution in [-0.4, -0.2) is 15.6 Å². The summed E-state index contributed by atoms with van der Waals surface area (Å²) in [6.45, 7) is 0. The number of aromatic nitrogens is 1. The Morgan fingerprint density at radius 2 is 1.92 bits per heavy atom. The van der Waals surface area contributed by atoms with Crippen molar-refractivity contribution in [1.29, 1.82) is 5.26 Å². The van der Waals surface area contributed by atoms with Crippen LogP contribution in [0.1, 0.15) is 34.7 Å².